The van der Waals surface area contributed by atoms with Gasteiger partial charge in [-0.25, -0.2) is 0 Å². The highest BCUT2D eigenvalue weighted by Crippen LogP contribution is 2.41. The molecule has 3 aromatic rings. The second-order valence-electron chi connectivity index (χ2n) is 8.07. The van der Waals surface area contributed by atoms with Crippen molar-refractivity contribution in [2.75, 3.05) is 0 Å². The summed E-state index contributed by atoms with van der Waals surface area (Å²) in [5, 5.41) is 21.2. The van der Waals surface area contributed by atoms with Crippen LogP contribution in [0, 0.1) is 0 Å². The molecule has 0 aliphatic carbocycles. The molecule has 7 heteroatoms. The molecule has 2 aromatic carbocycles. The first-order valence-electron chi connectivity index (χ1n) is 10.6. The number of Topliss-reactive ketones (excluding diaryl/α,β-unsaturated/α-hetero) is 1. The lowest BCUT2D eigenvalue weighted by molar-refractivity contribution is -0.140. The summed E-state index contributed by atoms with van der Waals surface area (Å²) in [4.78, 5) is 31.6. The Morgan fingerprint density at radius 1 is 1.09 bits per heavy atom. The van der Waals surface area contributed by atoms with Crippen molar-refractivity contribution in [2.24, 2.45) is 0 Å². The fraction of sp³-hybridized carbons (Fsp3) is 0.192. The number of amides is 1. The molecule has 1 aromatic heterocycles. The molecule has 1 saturated heterocycles. The monoisotopic (exact) mass is 444 g/mol. The van der Waals surface area contributed by atoms with Gasteiger partial charge in [0.15, 0.2) is 0 Å². The number of benzene rings is 2. The number of carbonyl (C=O) groups excluding carboxylic acids is 2. The smallest absolute Gasteiger partial charge is 0.295 e. The summed E-state index contributed by atoms with van der Waals surface area (Å²) in [6.07, 6.45) is 3.23. The Morgan fingerprint density at radius 3 is 2.48 bits per heavy atom. The fourth-order valence-corrected chi connectivity index (χ4v) is 3.89. The zero-order valence-electron chi connectivity index (χ0n) is 18.3. The Balaban J connectivity index is 1.80. The zero-order valence-corrected chi connectivity index (χ0v) is 18.3. The lowest BCUT2D eigenvalue weighted by Crippen LogP contribution is -2.29. The summed E-state index contributed by atoms with van der Waals surface area (Å²) in [7, 11) is 0. The van der Waals surface area contributed by atoms with E-state index in [9.17, 15) is 19.8 Å². The van der Waals surface area contributed by atoms with Crippen molar-refractivity contribution in [2.45, 2.75) is 32.5 Å². The van der Waals surface area contributed by atoms with Crippen molar-refractivity contribution in [1.82, 2.24) is 9.88 Å². The van der Waals surface area contributed by atoms with Gasteiger partial charge in [0.05, 0.1) is 17.7 Å². The van der Waals surface area contributed by atoms with Crippen molar-refractivity contribution < 1.29 is 24.5 Å². The number of phenols is 1. The molecule has 1 aliphatic heterocycles. The largest absolute Gasteiger partial charge is 0.508 e. The maximum Gasteiger partial charge on any atom is 0.295 e. The lowest BCUT2D eigenvalue weighted by atomic mass is 9.95. The minimum Gasteiger partial charge on any atom is -0.508 e. The van der Waals surface area contributed by atoms with E-state index in [1.165, 1.54) is 17.0 Å². The van der Waals surface area contributed by atoms with E-state index in [4.69, 9.17) is 4.74 Å². The second-order valence-corrected chi connectivity index (χ2v) is 8.07. The van der Waals surface area contributed by atoms with Crippen LogP contribution in [0.2, 0.25) is 0 Å². The molecule has 0 spiro atoms. The van der Waals surface area contributed by atoms with E-state index in [2.05, 4.69) is 4.98 Å². The number of aromatic nitrogens is 1. The van der Waals surface area contributed by atoms with Crippen LogP contribution >= 0.6 is 0 Å². The van der Waals surface area contributed by atoms with Crippen molar-refractivity contribution >= 4 is 17.4 Å². The molecule has 7 nitrogen and oxygen atoms in total. The lowest BCUT2D eigenvalue weighted by Gasteiger charge is -2.25. The molecule has 2 N–H and O–H groups in total. The van der Waals surface area contributed by atoms with Gasteiger partial charge in [0.1, 0.15) is 17.3 Å². The van der Waals surface area contributed by atoms with Crippen LogP contribution < -0.4 is 4.74 Å². The SMILES string of the molecule is CC(C)Oc1ccc(/C(O)=C2/C(=O)C(=O)N(Cc3cccnc3)C2c2cccc(O)c2)cc1. The first-order valence-corrected chi connectivity index (χ1v) is 10.6. The minimum absolute atomic E-state index is 0.00495. The Hall–Kier alpha value is -4.13. The van der Waals surface area contributed by atoms with Crippen molar-refractivity contribution in [3.05, 3.63) is 95.3 Å². The number of carbonyl (C=O) groups is 2. The van der Waals surface area contributed by atoms with E-state index in [1.807, 2.05) is 13.8 Å². The van der Waals surface area contributed by atoms with Crippen LogP contribution in [0.4, 0.5) is 0 Å². The van der Waals surface area contributed by atoms with E-state index < -0.39 is 17.7 Å². The number of hydrogen-bond acceptors (Lipinski definition) is 6. The van der Waals surface area contributed by atoms with Crippen LogP contribution in [0.5, 0.6) is 11.5 Å². The molecular weight excluding hydrogens is 420 g/mol. The topological polar surface area (TPSA) is 100.0 Å². The predicted molar refractivity (Wildman–Crippen MR) is 122 cm³/mol. The number of aliphatic hydroxyl groups is 1. The highest BCUT2D eigenvalue weighted by molar-refractivity contribution is 6.46. The number of ether oxygens (including phenoxy) is 1. The molecular formula is C26H24N2O5. The highest BCUT2D eigenvalue weighted by Gasteiger charge is 2.46. The number of phenolic OH excluding ortho intramolecular Hbond substituents is 1. The molecule has 1 amide bonds. The van der Waals surface area contributed by atoms with Crippen LogP contribution in [-0.2, 0) is 16.1 Å². The molecule has 1 unspecified atom stereocenters. The third-order valence-corrected chi connectivity index (χ3v) is 5.30. The normalized spacial score (nSPS) is 17.5. The van der Waals surface area contributed by atoms with Crippen LogP contribution in [0.15, 0.2) is 78.6 Å². The van der Waals surface area contributed by atoms with Gasteiger partial charge in [-0.1, -0.05) is 18.2 Å². The van der Waals surface area contributed by atoms with E-state index in [0.29, 0.717) is 16.9 Å². The molecule has 0 bridgehead atoms. The Labute approximate surface area is 191 Å². The number of aromatic hydroxyl groups is 1. The highest BCUT2D eigenvalue weighted by atomic mass is 16.5. The third-order valence-electron chi connectivity index (χ3n) is 5.30. The summed E-state index contributed by atoms with van der Waals surface area (Å²) in [5.74, 6) is -1.18. The van der Waals surface area contributed by atoms with Gasteiger partial charge < -0.3 is 19.8 Å². The summed E-state index contributed by atoms with van der Waals surface area (Å²) < 4.78 is 5.64. The van der Waals surface area contributed by atoms with Gasteiger partial charge in [0.2, 0.25) is 0 Å². The molecule has 33 heavy (non-hydrogen) atoms. The van der Waals surface area contributed by atoms with Crippen LogP contribution in [0.1, 0.15) is 36.6 Å². The maximum atomic E-state index is 13.1. The summed E-state index contributed by atoms with van der Waals surface area (Å²) >= 11 is 0. The van der Waals surface area contributed by atoms with E-state index in [1.54, 1.807) is 60.9 Å². The van der Waals surface area contributed by atoms with Crippen LogP contribution in [0.25, 0.3) is 5.76 Å². The van der Waals surface area contributed by atoms with Gasteiger partial charge in [-0.3, -0.25) is 14.6 Å². The summed E-state index contributed by atoms with van der Waals surface area (Å²) in [6, 6.07) is 15.7. The van der Waals surface area contributed by atoms with Gasteiger partial charge >= 0.3 is 0 Å². The molecule has 1 fully saturated rings. The number of pyridine rings is 1. The van der Waals surface area contributed by atoms with Crippen molar-refractivity contribution in [1.29, 1.82) is 0 Å². The van der Waals surface area contributed by atoms with Gasteiger partial charge in [-0.05, 0) is 67.4 Å². The van der Waals surface area contributed by atoms with Crippen molar-refractivity contribution in [3.8, 4) is 11.5 Å². The Morgan fingerprint density at radius 2 is 1.85 bits per heavy atom. The number of hydrogen-bond donors (Lipinski definition) is 2. The number of likely N-dealkylation sites (tertiary alicyclic amines) is 1. The van der Waals surface area contributed by atoms with Crippen LogP contribution in [0.3, 0.4) is 0 Å². The Bertz CT molecular complexity index is 1200. The molecule has 1 aliphatic rings. The molecule has 0 radical (unpaired) electrons. The van der Waals surface area contributed by atoms with Crippen molar-refractivity contribution in [3.63, 3.8) is 0 Å². The first-order chi connectivity index (χ1) is 15.8. The minimum atomic E-state index is -0.871. The summed E-state index contributed by atoms with van der Waals surface area (Å²) in [5.41, 5.74) is 1.60. The molecule has 0 saturated carbocycles. The van der Waals surface area contributed by atoms with Gasteiger partial charge in [-0.2, -0.15) is 0 Å². The Kier molecular flexibility index (Phi) is 6.13. The zero-order chi connectivity index (χ0) is 23.5. The summed E-state index contributed by atoms with van der Waals surface area (Å²) in [6.45, 7) is 3.94. The molecule has 2 heterocycles. The number of aliphatic hydroxyl groups excluding tert-OH is 1. The fourth-order valence-electron chi connectivity index (χ4n) is 3.89. The van der Waals surface area contributed by atoms with E-state index >= 15 is 0 Å². The maximum absolute atomic E-state index is 13.1. The average Bonchev–Trinajstić information content (AvgIpc) is 3.04. The standard InChI is InChI=1S/C26H24N2O5/c1-16(2)33-21-10-8-18(9-11-21)24(30)22-23(19-6-3-7-20(29)13-19)28(26(32)25(22)31)15-17-5-4-12-27-14-17/h3-14,16,23,29-30H,15H2,1-2H3/b24-22-. The van der Waals surface area contributed by atoms with Crippen LogP contribution in [-0.4, -0.2) is 37.9 Å². The average molecular weight is 444 g/mol. The third kappa shape index (κ3) is 4.57. The molecule has 168 valence electrons. The van der Waals surface area contributed by atoms with Gasteiger partial charge in [0.25, 0.3) is 11.7 Å². The van der Waals surface area contributed by atoms with E-state index in [0.717, 1.165) is 5.56 Å². The number of rotatable bonds is 6. The van der Waals surface area contributed by atoms with Gasteiger partial charge in [-0.15, -0.1) is 0 Å². The van der Waals surface area contributed by atoms with Gasteiger partial charge in [0, 0.05) is 24.5 Å². The number of ketones is 1. The first kappa shape index (κ1) is 22.1. The predicted octanol–water partition coefficient (Wildman–Crippen LogP) is 4.20. The second kappa shape index (κ2) is 9.16. The number of nitrogens with zero attached hydrogens (tertiary/aromatic N) is 2. The molecule has 1 atom stereocenters. The quantitative estimate of drug-likeness (QED) is 0.336. The van der Waals surface area contributed by atoms with E-state index in [-0.39, 0.29) is 29.7 Å². The molecule has 4 rings (SSSR count).